The van der Waals surface area contributed by atoms with Crippen molar-refractivity contribution in [2.45, 2.75) is 56.9 Å². The number of carbonyl (C=O) groups excluding carboxylic acids is 1. The monoisotopic (exact) mass is 467 g/mol. The fourth-order valence-electron chi connectivity index (χ4n) is 3.12. The Labute approximate surface area is 189 Å². The Kier molecular flexibility index (Phi) is 8.37. The minimum atomic E-state index is -2.78. The maximum Gasteiger partial charge on any atom is 0.336 e. The maximum atomic E-state index is 12.5. The van der Waals surface area contributed by atoms with Crippen LogP contribution in [0.5, 0.6) is 0 Å². The molecule has 11 heteroatoms. The largest absolute Gasteiger partial charge is 0.481 e. The van der Waals surface area contributed by atoms with Crippen molar-refractivity contribution < 1.29 is 34.4 Å². The van der Waals surface area contributed by atoms with Crippen LogP contribution >= 0.6 is 11.6 Å². The third-order valence-corrected chi connectivity index (χ3v) is 5.09. The second-order valence-electron chi connectivity index (χ2n) is 7.91. The highest BCUT2D eigenvalue weighted by molar-refractivity contribution is 6.30. The highest BCUT2D eigenvalue weighted by atomic mass is 35.5. The lowest BCUT2D eigenvalue weighted by atomic mass is 9.93. The van der Waals surface area contributed by atoms with Gasteiger partial charge in [-0.3, -0.25) is 14.9 Å². The molecule has 0 radical (unpaired) electrons. The van der Waals surface area contributed by atoms with E-state index in [2.05, 4.69) is 15.3 Å². The number of imidazole rings is 1. The molecule has 174 valence electrons. The van der Waals surface area contributed by atoms with Crippen LogP contribution in [0.3, 0.4) is 0 Å². The Morgan fingerprint density at radius 1 is 1.19 bits per heavy atom. The number of aliphatic hydroxyl groups is 1. The smallest absolute Gasteiger partial charge is 0.336 e. The molecule has 0 fully saturated rings. The van der Waals surface area contributed by atoms with Crippen molar-refractivity contribution in [2.75, 3.05) is 0 Å². The molecule has 32 heavy (non-hydrogen) atoms. The first-order chi connectivity index (χ1) is 14.9. The number of esters is 1. The number of carboxylic acid groups (broad SMARTS) is 2. The normalized spacial score (nSPS) is 14.4. The summed E-state index contributed by atoms with van der Waals surface area (Å²) in [4.78, 5) is 41.8. The van der Waals surface area contributed by atoms with E-state index in [-0.39, 0.29) is 6.42 Å². The number of aliphatic carboxylic acids is 2. The molecule has 1 heterocycles. The van der Waals surface area contributed by atoms with Crippen molar-refractivity contribution in [3.05, 3.63) is 53.1 Å². The van der Waals surface area contributed by atoms with E-state index in [0.717, 1.165) is 5.56 Å². The maximum absolute atomic E-state index is 12.5. The van der Waals surface area contributed by atoms with Gasteiger partial charge < -0.3 is 25.0 Å². The lowest BCUT2D eigenvalue weighted by Gasteiger charge is -2.32. The van der Waals surface area contributed by atoms with Crippen molar-refractivity contribution in [3.63, 3.8) is 0 Å². The SMILES string of the molecule is CC(C)(NC(CCc1ncc[nH]1)OC(=O)CC(O)(CC(=O)O)C(=O)O)c1ccc(Cl)cc1. The summed E-state index contributed by atoms with van der Waals surface area (Å²) in [6.07, 6.45) is 0.877. The lowest BCUT2D eigenvalue weighted by molar-refractivity contribution is -0.174. The molecule has 0 bridgehead atoms. The molecule has 0 aliphatic rings. The number of benzene rings is 1. The van der Waals surface area contributed by atoms with Gasteiger partial charge in [-0.05, 0) is 31.5 Å². The molecule has 2 atom stereocenters. The summed E-state index contributed by atoms with van der Waals surface area (Å²) < 4.78 is 5.42. The van der Waals surface area contributed by atoms with Crippen LogP contribution in [0.1, 0.15) is 44.5 Å². The van der Waals surface area contributed by atoms with Gasteiger partial charge in [-0.25, -0.2) is 9.78 Å². The molecule has 0 aliphatic heterocycles. The lowest BCUT2D eigenvalue weighted by Crippen LogP contribution is -2.48. The quantitative estimate of drug-likeness (QED) is 0.232. The first-order valence-corrected chi connectivity index (χ1v) is 10.2. The second kappa shape index (κ2) is 10.6. The molecule has 10 nitrogen and oxygen atoms in total. The van der Waals surface area contributed by atoms with Crippen molar-refractivity contribution in [1.82, 2.24) is 15.3 Å². The summed E-state index contributed by atoms with van der Waals surface area (Å²) in [5.74, 6) is -3.78. The predicted octanol–water partition coefficient (Wildman–Crippen LogP) is 2.07. The minimum absolute atomic E-state index is 0.278. The average Bonchev–Trinajstić information content (AvgIpc) is 3.19. The molecule has 0 aliphatic carbocycles. The van der Waals surface area contributed by atoms with E-state index in [0.29, 0.717) is 17.3 Å². The molecular formula is C21H26ClN3O7. The van der Waals surface area contributed by atoms with E-state index in [1.54, 1.807) is 24.5 Å². The number of hydrogen-bond acceptors (Lipinski definition) is 7. The van der Waals surface area contributed by atoms with Gasteiger partial charge in [0.1, 0.15) is 5.82 Å². The molecule has 0 saturated carbocycles. The molecule has 0 amide bonds. The van der Waals surface area contributed by atoms with Crippen LogP contribution in [0.15, 0.2) is 36.7 Å². The average molecular weight is 468 g/mol. The van der Waals surface area contributed by atoms with E-state index in [1.807, 2.05) is 26.0 Å². The van der Waals surface area contributed by atoms with Crippen LogP contribution in [0, 0.1) is 0 Å². The number of H-pyrrole nitrogens is 1. The number of aryl methyl sites for hydroxylation is 1. The summed E-state index contributed by atoms with van der Waals surface area (Å²) >= 11 is 5.95. The molecule has 0 spiro atoms. The van der Waals surface area contributed by atoms with E-state index in [4.69, 9.17) is 21.4 Å². The number of aromatic amines is 1. The zero-order valence-electron chi connectivity index (χ0n) is 17.7. The van der Waals surface area contributed by atoms with Crippen molar-refractivity contribution in [1.29, 1.82) is 0 Å². The first kappa shape index (κ1) is 25.3. The summed E-state index contributed by atoms with van der Waals surface area (Å²) in [6, 6.07) is 7.08. The third-order valence-electron chi connectivity index (χ3n) is 4.84. The van der Waals surface area contributed by atoms with Gasteiger partial charge in [0.2, 0.25) is 0 Å². The molecule has 0 saturated heterocycles. The summed E-state index contributed by atoms with van der Waals surface area (Å²) in [5, 5.41) is 32.0. The standard InChI is InChI=1S/C21H26ClN3O7/c1-20(2,13-3-5-14(22)6-4-13)25-16(8-7-15-23-9-10-24-15)32-18(28)12-21(31,19(29)30)11-17(26)27/h3-6,9-10,16,25,31H,7-8,11-12H2,1-2H3,(H,23,24)(H,26,27)(H,29,30). The van der Waals surface area contributed by atoms with Crippen LogP contribution in [0.25, 0.3) is 0 Å². The van der Waals surface area contributed by atoms with E-state index < -0.39 is 48.1 Å². The van der Waals surface area contributed by atoms with Gasteiger partial charge in [0.25, 0.3) is 0 Å². The Bertz CT molecular complexity index is 931. The highest BCUT2D eigenvalue weighted by Gasteiger charge is 2.42. The number of ether oxygens (including phenoxy) is 1. The molecule has 2 aromatic rings. The van der Waals surface area contributed by atoms with Crippen LogP contribution in [0.2, 0.25) is 5.02 Å². The topological polar surface area (TPSA) is 162 Å². The van der Waals surface area contributed by atoms with Gasteiger partial charge in [-0.15, -0.1) is 0 Å². The van der Waals surface area contributed by atoms with Gasteiger partial charge in [-0.1, -0.05) is 23.7 Å². The van der Waals surface area contributed by atoms with Crippen LogP contribution in [0.4, 0.5) is 0 Å². The molecule has 5 N–H and O–H groups in total. The molecular weight excluding hydrogens is 442 g/mol. The van der Waals surface area contributed by atoms with Crippen molar-refractivity contribution in [2.24, 2.45) is 0 Å². The molecule has 1 aromatic carbocycles. The number of carbonyl (C=O) groups is 3. The van der Waals surface area contributed by atoms with E-state index in [1.165, 1.54) is 0 Å². The van der Waals surface area contributed by atoms with E-state index in [9.17, 15) is 24.6 Å². The number of halogens is 1. The number of nitrogens with zero attached hydrogens (tertiary/aromatic N) is 1. The van der Waals surface area contributed by atoms with Crippen molar-refractivity contribution in [3.8, 4) is 0 Å². The Morgan fingerprint density at radius 2 is 1.84 bits per heavy atom. The predicted molar refractivity (Wildman–Crippen MR) is 114 cm³/mol. The van der Waals surface area contributed by atoms with Crippen LogP contribution in [-0.4, -0.2) is 55.0 Å². The van der Waals surface area contributed by atoms with Gasteiger partial charge in [0.15, 0.2) is 11.8 Å². The van der Waals surface area contributed by atoms with Gasteiger partial charge >= 0.3 is 17.9 Å². The second-order valence-corrected chi connectivity index (χ2v) is 8.35. The van der Waals surface area contributed by atoms with Gasteiger partial charge in [0, 0.05) is 35.8 Å². The number of hydrogen-bond donors (Lipinski definition) is 5. The number of carboxylic acids is 2. The molecule has 1 aromatic heterocycles. The first-order valence-electron chi connectivity index (χ1n) is 9.80. The fourth-order valence-corrected chi connectivity index (χ4v) is 3.24. The zero-order valence-corrected chi connectivity index (χ0v) is 18.4. The Morgan fingerprint density at radius 3 is 2.38 bits per heavy atom. The Balaban J connectivity index is 2.16. The van der Waals surface area contributed by atoms with Crippen LogP contribution < -0.4 is 5.32 Å². The van der Waals surface area contributed by atoms with Crippen LogP contribution in [-0.2, 0) is 31.1 Å². The van der Waals surface area contributed by atoms with Gasteiger partial charge in [0.05, 0.1) is 12.8 Å². The fraction of sp³-hybridized carbons (Fsp3) is 0.429. The third kappa shape index (κ3) is 7.33. The number of nitrogens with one attached hydrogen (secondary N) is 2. The van der Waals surface area contributed by atoms with Gasteiger partial charge in [-0.2, -0.15) is 0 Å². The van der Waals surface area contributed by atoms with E-state index >= 15 is 0 Å². The zero-order chi connectivity index (χ0) is 23.9. The summed E-state index contributed by atoms with van der Waals surface area (Å²) in [7, 11) is 0. The summed E-state index contributed by atoms with van der Waals surface area (Å²) in [6.45, 7) is 3.73. The Hall–Kier alpha value is -2.95. The summed E-state index contributed by atoms with van der Waals surface area (Å²) in [5.41, 5.74) is -2.60. The van der Waals surface area contributed by atoms with Crippen molar-refractivity contribution >= 4 is 29.5 Å². The molecule has 2 unspecified atom stereocenters. The number of rotatable bonds is 12. The minimum Gasteiger partial charge on any atom is -0.481 e. The molecule has 2 rings (SSSR count). The highest BCUT2D eigenvalue weighted by Crippen LogP contribution is 2.24. The number of aromatic nitrogens is 2.